The molecule has 3 heterocycles. The van der Waals surface area contributed by atoms with Gasteiger partial charge in [0.05, 0.1) is 22.1 Å². The molecule has 258 valence electrons. The van der Waals surface area contributed by atoms with E-state index in [1.165, 1.54) is 43.6 Å². The zero-order valence-corrected chi connectivity index (χ0v) is 29.7. The van der Waals surface area contributed by atoms with Crippen molar-refractivity contribution >= 4 is 43.6 Å². The molecule has 0 saturated carbocycles. The molecule has 0 amide bonds. The number of aromatic nitrogens is 4. The van der Waals surface area contributed by atoms with Gasteiger partial charge in [-0.05, 0) is 107 Å². The minimum absolute atomic E-state index is 0.493. The first kappa shape index (κ1) is 31.1. The summed E-state index contributed by atoms with van der Waals surface area (Å²) in [6, 6.07) is 68.5. The molecule has 0 spiro atoms. The van der Waals surface area contributed by atoms with Gasteiger partial charge in [0.1, 0.15) is 0 Å². The third-order valence-corrected chi connectivity index (χ3v) is 10.7. The van der Waals surface area contributed by atoms with Crippen molar-refractivity contribution in [3.63, 3.8) is 0 Å². The Morgan fingerprint density at radius 2 is 0.636 bits per heavy atom. The van der Waals surface area contributed by atoms with Crippen molar-refractivity contribution in [1.29, 1.82) is 0 Å². The standard InChI is InChI=1S/C50H32N4O/c1-3-11-39(12-4-1)53-45-17-9-7-15-41(45)43-31-37(27-29-47(43)53)33-19-23-35(24-20-33)49-51-52-50(55-49)36-25-21-34(22-26-36)38-28-30-48-44(32-38)42-16-8-10-18-46(42)54(48)40-13-5-2-6-14-40/h1-32H. The summed E-state index contributed by atoms with van der Waals surface area (Å²) in [7, 11) is 0. The van der Waals surface area contributed by atoms with E-state index in [1.54, 1.807) is 0 Å². The number of fused-ring (bicyclic) bond motifs is 6. The number of hydrogen-bond donors (Lipinski definition) is 0. The number of nitrogens with zero attached hydrogens (tertiary/aromatic N) is 4. The maximum Gasteiger partial charge on any atom is 0.248 e. The highest BCUT2D eigenvalue weighted by Gasteiger charge is 2.16. The van der Waals surface area contributed by atoms with Gasteiger partial charge in [0.2, 0.25) is 11.8 Å². The quantitative estimate of drug-likeness (QED) is 0.173. The van der Waals surface area contributed by atoms with Crippen LogP contribution in [0.3, 0.4) is 0 Å². The van der Waals surface area contributed by atoms with Crippen molar-refractivity contribution in [1.82, 2.24) is 19.3 Å². The predicted octanol–water partition coefficient (Wildman–Crippen LogP) is 12.9. The first-order valence-electron chi connectivity index (χ1n) is 18.5. The van der Waals surface area contributed by atoms with Gasteiger partial charge in [0.25, 0.3) is 0 Å². The first-order chi connectivity index (χ1) is 27.3. The SMILES string of the molecule is c1ccc(-n2c3ccccc3c3cc(-c4ccc(-c5nnc(-c6ccc(-c7ccc8c(c7)c7ccccc7n8-c7ccccc7)cc6)o5)cc4)ccc32)cc1. The maximum absolute atomic E-state index is 6.22. The van der Waals surface area contributed by atoms with Crippen LogP contribution < -0.4 is 0 Å². The second-order valence-electron chi connectivity index (χ2n) is 13.9. The molecule has 0 radical (unpaired) electrons. The summed E-state index contributed by atoms with van der Waals surface area (Å²) in [5, 5.41) is 13.8. The monoisotopic (exact) mass is 704 g/mol. The average molecular weight is 705 g/mol. The molecule has 8 aromatic carbocycles. The van der Waals surface area contributed by atoms with Crippen LogP contribution in [0.2, 0.25) is 0 Å². The highest BCUT2D eigenvalue weighted by Crippen LogP contribution is 2.37. The van der Waals surface area contributed by atoms with Crippen molar-refractivity contribution in [3.8, 4) is 56.5 Å². The van der Waals surface area contributed by atoms with Crippen LogP contribution in [0.1, 0.15) is 0 Å². The van der Waals surface area contributed by atoms with Gasteiger partial charge in [-0.15, -0.1) is 10.2 Å². The fourth-order valence-corrected chi connectivity index (χ4v) is 8.08. The lowest BCUT2D eigenvalue weighted by Gasteiger charge is -2.08. The van der Waals surface area contributed by atoms with Gasteiger partial charge in [-0.3, -0.25) is 0 Å². The number of hydrogen-bond acceptors (Lipinski definition) is 3. The van der Waals surface area contributed by atoms with Gasteiger partial charge in [0, 0.05) is 44.0 Å². The number of para-hydroxylation sites is 4. The second kappa shape index (κ2) is 12.6. The summed E-state index contributed by atoms with van der Waals surface area (Å²) in [6.07, 6.45) is 0. The van der Waals surface area contributed by atoms with Gasteiger partial charge in [0.15, 0.2) is 0 Å². The molecule has 0 saturated heterocycles. The molecule has 0 aliphatic rings. The third-order valence-electron chi connectivity index (χ3n) is 10.7. The van der Waals surface area contributed by atoms with E-state index in [1.807, 2.05) is 0 Å². The Balaban J connectivity index is 0.866. The van der Waals surface area contributed by atoms with Gasteiger partial charge >= 0.3 is 0 Å². The van der Waals surface area contributed by atoms with E-state index in [0.717, 1.165) is 44.8 Å². The molecule has 0 bridgehead atoms. The highest BCUT2D eigenvalue weighted by atomic mass is 16.4. The Hall–Kier alpha value is -7.50. The lowest BCUT2D eigenvalue weighted by atomic mass is 10.0. The molecular weight excluding hydrogens is 673 g/mol. The highest BCUT2D eigenvalue weighted by molar-refractivity contribution is 6.11. The first-order valence-corrected chi connectivity index (χ1v) is 18.5. The van der Waals surface area contributed by atoms with Crippen molar-refractivity contribution in [2.24, 2.45) is 0 Å². The molecule has 5 nitrogen and oxygen atoms in total. The number of rotatable bonds is 6. The smallest absolute Gasteiger partial charge is 0.248 e. The molecule has 3 aromatic heterocycles. The summed E-state index contributed by atoms with van der Waals surface area (Å²) in [5.74, 6) is 0.986. The normalized spacial score (nSPS) is 11.6. The van der Waals surface area contributed by atoms with Crippen molar-refractivity contribution in [2.45, 2.75) is 0 Å². The summed E-state index contributed by atoms with van der Waals surface area (Å²) in [4.78, 5) is 0. The average Bonchev–Trinajstić information content (AvgIpc) is 3.97. The van der Waals surface area contributed by atoms with E-state index >= 15 is 0 Å². The van der Waals surface area contributed by atoms with E-state index in [0.29, 0.717) is 11.8 Å². The molecule has 55 heavy (non-hydrogen) atoms. The lowest BCUT2D eigenvalue weighted by Crippen LogP contribution is -1.92. The van der Waals surface area contributed by atoms with Crippen molar-refractivity contribution in [3.05, 3.63) is 194 Å². The topological polar surface area (TPSA) is 48.8 Å². The fourth-order valence-electron chi connectivity index (χ4n) is 8.08. The molecule has 0 fully saturated rings. The Bertz CT molecular complexity index is 2960. The zero-order valence-electron chi connectivity index (χ0n) is 29.7. The maximum atomic E-state index is 6.22. The van der Waals surface area contributed by atoms with Gasteiger partial charge < -0.3 is 13.6 Å². The van der Waals surface area contributed by atoms with Crippen LogP contribution in [-0.4, -0.2) is 19.3 Å². The van der Waals surface area contributed by atoms with Crippen LogP contribution in [0.25, 0.3) is 100 Å². The van der Waals surface area contributed by atoms with Gasteiger partial charge in [-0.1, -0.05) is 109 Å². The molecule has 0 aliphatic carbocycles. The number of benzene rings is 8. The van der Waals surface area contributed by atoms with E-state index < -0.39 is 0 Å². The molecule has 11 rings (SSSR count). The van der Waals surface area contributed by atoms with E-state index in [4.69, 9.17) is 4.42 Å². The van der Waals surface area contributed by atoms with Crippen LogP contribution in [0.5, 0.6) is 0 Å². The van der Waals surface area contributed by atoms with Gasteiger partial charge in [-0.25, -0.2) is 0 Å². The molecular formula is C50H32N4O. The Labute approximate surface area is 317 Å². The van der Waals surface area contributed by atoms with E-state index in [9.17, 15) is 0 Å². The summed E-state index contributed by atoms with van der Waals surface area (Å²) in [5.41, 5.74) is 13.4. The molecule has 0 unspecified atom stereocenters. The summed E-state index contributed by atoms with van der Waals surface area (Å²) >= 11 is 0. The predicted molar refractivity (Wildman–Crippen MR) is 225 cm³/mol. The largest absolute Gasteiger partial charge is 0.416 e. The Kier molecular flexibility index (Phi) is 7.10. The van der Waals surface area contributed by atoms with Gasteiger partial charge in [-0.2, -0.15) is 0 Å². The Morgan fingerprint density at radius 3 is 1.07 bits per heavy atom. The van der Waals surface area contributed by atoms with Crippen LogP contribution >= 0.6 is 0 Å². The summed E-state index contributed by atoms with van der Waals surface area (Å²) < 4.78 is 10.9. The zero-order chi connectivity index (χ0) is 36.3. The van der Waals surface area contributed by atoms with Crippen LogP contribution in [0.4, 0.5) is 0 Å². The molecule has 0 N–H and O–H groups in total. The van der Waals surface area contributed by atoms with E-state index in [2.05, 4.69) is 213 Å². The summed E-state index contributed by atoms with van der Waals surface area (Å²) in [6.45, 7) is 0. The second-order valence-corrected chi connectivity index (χ2v) is 13.9. The lowest BCUT2D eigenvalue weighted by molar-refractivity contribution is 0.584. The molecule has 0 aliphatic heterocycles. The minimum atomic E-state index is 0.493. The van der Waals surface area contributed by atoms with Crippen molar-refractivity contribution in [2.75, 3.05) is 0 Å². The molecule has 0 atom stereocenters. The third kappa shape index (κ3) is 5.17. The van der Waals surface area contributed by atoms with Crippen LogP contribution in [-0.2, 0) is 0 Å². The van der Waals surface area contributed by atoms with Crippen LogP contribution in [0, 0.1) is 0 Å². The minimum Gasteiger partial charge on any atom is -0.416 e. The molecule has 11 aromatic rings. The van der Waals surface area contributed by atoms with Crippen molar-refractivity contribution < 1.29 is 4.42 Å². The Morgan fingerprint density at radius 1 is 0.291 bits per heavy atom. The fraction of sp³-hybridized carbons (Fsp3) is 0. The van der Waals surface area contributed by atoms with Crippen LogP contribution in [0.15, 0.2) is 199 Å². The van der Waals surface area contributed by atoms with E-state index in [-0.39, 0.29) is 0 Å². The molecule has 5 heteroatoms.